The summed E-state index contributed by atoms with van der Waals surface area (Å²) in [5.74, 6) is -1.20. The molecule has 9 nitrogen and oxygen atoms in total. The zero-order valence-electron chi connectivity index (χ0n) is 17.0. The van der Waals surface area contributed by atoms with Crippen LogP contribution in [0, 0.1) is 3.57 Å². The Kier molecular flexibility index (Phi) is 8.37. The van der Waals surface area contributed by atoms with Crippen LogP contribution in [0.25, 0.3) is 6.08 Å². The summed E-state index contributed by atoms with van der Waals surface area (Å²) in [4.78, 5) is 49.2. The van der Waals surface area contributed by atoms with Gasteiger partial charge >= 0.3 is 5.97 Å². The summed E-state index contributed by atoms with van der Waals surface area (Å²) < 4.78 is 11.4. The van der Waals surface area contributed by atoms with Crippen molar-refractivity contribution in [2.75, 3.05) is 25.6 Å². The molecule has 0 aromatic heterocycles. The number of hydrogen-bond acceptors (Lipinski definition) is 7. The zero-order chi connectivity index (χ0) is 24.1. The molecule has 2 N–H and O–H groups in total. The number of amides is 3. The molecule has 0 bridgehead atoms. The highest BCUT2D eigenvalue weighted by Gasteiger charge is 2.36. The minimum atomic E-state index is -1.11. The predicted molar refractivity (Wildman–Crippen MR) is 134 cm³/mol. The lowest BCUT2D eigenvalue weighted by molar-refractivity contribution is -0.139. The number of rotatable bonds is 8. The molecule has 12 heteroatoms. The molecule has 0 aliphatic carbocycles. The van der Waals surface area contributed by atoms with Crippen LogP contribution in [0.15, 0.2) is 45.8 Å². The first kappa shape index (κ1) is 25.1. The van der Waals surface area contributed by atoms with Crippen LogP contribution in [-0.4, -0.2) is 53.3 Å². The fraction of sp³-hybridized carbons (Fsp3) is 0.143. The van der Waals surface area contributed by atoms with Gasteiger partial charge in [-0.05, 0) is 98.3 Å². The number of carbonyl (C=O) groups excluding carboxylic acids is 3. The normalized spacial score (nSPS) is 14.5. The van der Waals surface area contributed by atoms with Gasteiger partial charge in [0.05, 0.1) is 20.1 Å². The molecule has 3 rings (SSSR count). The Balaban J connectivity index is 1.70. The topological polar surface area (TPSA) is 122 Å². The molecule has 1 aliphatic rings. The van der Waals surface area contributed by atoms with E-state index in [2.05, 4.69) is 21.2 Å². The van der Waals surface area contributed by atoms with E-state index in [0.717, 1.165) is 16.7 Å². The third kappa shape index (κ3) is 6.48. The maximum atomic E-state index is 12.7. The van der Waals surface area contributed by atoms with E-state index in [1.165, 1.54) is 13.2 Å². The molecule has 1 aliphatic heterocycles. The minimum Gasteiger partial charge on any atom is -0.497 e. The van der Waals surface area contributed by atoms with Crippen LogP contribution < -0.4 is 14.8 Å². The van der Waals surface area contributed by atoms with Gasteiger partial charge in [0.1, 0.15) is 18.0 Å². The van der Waals surface area contributed by atoms with E-state index < -0.39 is 36.2 Å². The Labute approximate surface area is 214 Å². The highest BCUT2D eigenvalue weighted by atomic mass is 127. The van der Waals surface area contributed by atoms with Gasteiger partial charge in [0.25, 0.3) is 11.1 Å². The van der Waals surface area contributed by atoms with E-state index in [-0.39, 0.29) is 4.91 Å². The van der Waals surface area contributed by atoms with E-state index >= 15 is 0 Å². The summed E-state index contributed by atoms with van der Waals surface area (Å²) in [6.07, 6.45) is 1.53. The van der Waals surface area contributed by atoms with Crippen molar-refractivity contribution in [1.29, 1.82) is 0 Å². The number of imide groups is 1. The van der Waals surface area contributed by atoms with Crippen molar-refractivity contribution in [3.05, 3.63) is 54.9 Å². The third-order valence-corrected chi connectivity index (χ3v) is 6.51. The van der Waals surface area contributed by atoms with Gasteiger partial charge in [-0.15, -0.1) is 0 Å². The first-order valence-corrected chi connectivity index (χ1v) is 11.9. The number of ether oxygens (including phenoxy) is 2. The van der Waals surface area contributed by atoms with Gasteiger partial charge < -0.3 is 19.9 Å². The van der Waals surface area contributed by atoms with Gasteiger partial charge in [0.15, 0.2) is 6.61 Å². The molecule has 172 valence electrons. The number of carboxylic acid groups (broad SMARTS) is 1. The molecule has 3 amide bonds. The number of thioether (sulfide) groups is 1. The van der Waals surface area contributed by atoms with Gasteiger partial charge in [-0.25, -0.2) is 4.79 Å². The Morgan fingerprint density at radius 1 is 1.24 bits per heavy atom. The molecule has 33 heavy (non-hydrogen) atoms. The molecule has 0 unspecified atom stereocenters. The smallest absolute Gasteiger partial charge is 0.341 e. The number of halogens is 2. The highest BCUT2D eigenvalue weighted by molar-refractivity contribution is 14.1. The lowest BCUT2D eigenvalue weighted by atomic mass is 10.2. The van der Waals surface area contributed by atoms with Gasteiger partial charge in [-0.3, -0.25) is 19.3 Å². The Bertz CT molecular complexity index is 1130. The van der Waals surface area contributed by atoms with E-state index in [9.17, 15) is 19.2 Å². The second-order valence-electron chi connectivity index (χ2n) is 6.54. The van der Waals surface area contributed by atoms with Crippen LogP contribution in [-0.2, 0) is 14.4 Å². The van der Waals surface area contributed by atoms with E-state index in [1.54, 1.807) is 36.4 Å². The van der Waals surface area contributed by atoms with E-state index in [0.29, 0.717) is 30.8 Å². The quantitative estimate of drug-likeness (QED) is 0.323. The second kappa shape index (κ2) is 11.0. The number of benzene rings is 2. The van der Waals surface area contributed by atoms with Crippen LogP contribution in [0.2, 0.25) is 0 Å². The van der Waals surface area contributed by atoms with Crippen LogP contribution in [0.4, 0.5) is 10.5 Å². The van der Waals surface area contributed by atoms with Crippen molar-refractivity contribution in [3.63, 3.8) is 0 Å². The summed E-state index contributed by atoms with van der Waals surface area (Å²) in [6, 6.07) is 9.98. The molecule has 0 spiro atoms. The summed E-state index contributed by atoms with van der Waals surface area (Å²) in [6.45, 7) is -0.914. The molecule has 0 radical (unpaired) electrons. The molecule has 0 atom stereocenters. The number of hydrogen-bond donors (Lipinski definition) is 2. The predicted octanol–water partition coefficient (Wildman–Crippen LogP) is 4.20. The fourth-order valence-corrected chi connectivity index (χ4v) is 5.35. The number of carbonyl (C=O) groups is 4. The average molecular weight is 647 g/mol. The standard InChI is InChI=1S/C21H16BrIN2O7S/c1-31-13-4-2-12(3-5-13)24-17(26)9-25-20(29)16(33-21(25)30)8-11-6-14(22)19(15(23)7-11)32-10-18(27)28/h2-8H,9-10H2,1H3,(H,24,26)(H,27,28)/b16-8+. The number of aliphatic carboxylic acids is 1. The SMILES string of the molecule is COc1ccc(NC(=O)CN2C(=O)S/C(=C/c3cc(Br)c(OCC(=O)O)c(I)c3)C2=O)cc1. The van der Waals surface area contributed by atoms with Crippen molar-refractivity contribution in [2.24, 2.45) is 0 Å². The Morgan fingerprint density at radius 3 is 2.55 bits per heavy atom. The second-order valence-corrected chi connectivity index (χ2v) is 9.55. The van der Waals surface area contributed by atoms with Crippen LogP contribution in [0.5, 0.6) is 11.5 Å². The van der Waals surface area contributed by atoms with Gasteiger partial charge in [-0.2, -0.15) is 0 Å². The Hall–Kier alpha value is -2.58. The monoisotopic (exact) mass is 646 g/mol. The summed E-state index contributed by atoms with van der Waals surface area (Å²) in [5.41, 5.74) is 1.11. The number of carboxylic acids is 1. The third-order valence-electron chi connectivity index (χ3n) is 4.21. The molecule has 1 saturated heterocycles. The number of nitrogens with one attached hydrogen (secondary N) is 1. The molecule has 1 fully saturated rings. The van der Waals surface area contributed by atoms with Gasteiger partial charge in [-0.1, -0.05) is 0 Å². The maximum absolute atomic E-state index is 12.7. The zero-order valence-corrected chi connectivity index (χ0v) is 21.5. The number of methoxy groups -OCH3 is 1. The lowest BCUT2D eigenvalue weighted by Crippen LogP contribution is -2.36. The van der Waals surface area contributed by atoms with E-state index in [1.807, 2.05) is 22.6 Å². The van der Waals surface area contributed by atoms with Crippen molar-refractivity contribution in [1.82, 2.24) is 4.90 Å². The molecular weight excluding hydrogens is 631 g/mol. The first-order valence-electron chi connectivity index (χ1n) is 9.21. The lowest BCUT2D eigenvalue weighted by Gasteiger charge is -2.12. The van der Waals surface area contributed by atoms with Gasteiger partial charge in [0, 0.05) is 5.69 Å². The van der Waals surface area contributed by atoms with Crippen LogP contribution in [0.3, 0.4) is 0 Å². The highest BCUT2D eigenvalue weighted by Crippen LogP contribution is 2.36. The van der Waals surface area contributed by atoms with E-state index in [4.69, 9.17) is 14.6 Å². The number of anilines is 1. The first-order chi connectivity index (χ1) is 15.7. The largest absolute Gasteiger partial charge is 0.497 e. The van der Waals surface area contributed by atoms with Crippen molar-refractivity contribution >= 4 is 85.1 Å². The van der Waals surface area contributed by atoms with Crippen LogP contribution >= 0.6 is 50.3 Å². The summed E-state index contributed by atoms with van der Waals surface area (Å²) in [7, 11) is 1.53. The van der Waals surface area contributed by atoms with Crippen molar-refractivity contribution in [2.45, 2.75) is 0 Å². The molecule has 1 heterocycles. The Morgan fingerprint density at radius 2 is 1.94 bits per heavy atom. The maximum Gasteiger partial charge on any atom is 0.341 e. The fourth-order valence-electron chi connectivity index (χ4n) is 2.74. The number of nitrogens with zero attached hydrogens (tertiary/aromatic N) is 1. The molecule has 0 saturated carbocycles. The van der Waals surface area contributed by atoms with Crippen molar-refractivity contribution in [3.8, 4) is 11.5 Å². The van der Waals surface area contributed by atoms with Gasteiger partial charge in [0.2, 0.25) is 5.91 Å². The van der Waals surface area contributed by atoms with Crippen molar-refractivity contribution < 1.29 is 33.8 Å². The summed E-state index contributed by atoms with van der Waals surface area (Å²) >= 11 is 6.05. The molecular formula is C21H16BrIN2O7S. The molecule has 2 aromatic rings. The average Bonchev–Trinajstić information content (AvgIpc) is 3.00. The molecule has 2 aromatic carbocycles. The summed E-state index contributed by atoms with van der Waals surface area (Å²) in [5, 5.41) is 10.9. The van der Waals surface area contributed by atoms with Crippen LogP contribution in [0.1, 0.15) is 5.56 Å². The minimum absolute atomic E-state index is 0.166.